The fourth-order valence-electron chi connectivity index (χ4n) is 1.63. The third-order valence-electron chi connectivity index (χ3n) is 2.40. The Morgan fingerprint density at radius 3 is 2.94 bits per heavy atom. The van der Waals surface area contributed by atoms with Gasteiger partial charge in [0, 0.05) is 12.4 Å². The van der Waals surface area contributed by atoms with Gasteiger partial charge in [-0.1, -0.05) is 6.92 Å². The highest BCUT2D eigenvalue weighted by Gasteiger charge is 2.17. The molecule has 0 amide bonds. The van der Waals surface area contributed by atoms with E-state index in [0.717, 1.165) is 6.42 Å². The zero-order chi connectivity index (χ0) is 11.5. The molecule has 0 bridgehead atoms. The Labute approximate surface area is 92.3 Å². The molecule has 0 saturated heterocycles. The van der Waals surface area contributed by atoms with E-state index in [1.807, 2.05) is 19.2 Å². The quantitative estimate of drug-likeness (QED) is 0.857. The predicted molar refractivity (Wildman–Crippen MR) is 56.3 cm³/mol. The van der Waals surface area contributed by atoms with Crippen LogP contribution in [0.4, 0.5) is 0 Å². The molecule has 1 atom stereocenters. The topological polar surface area (TPSA) is 68.3 Å². The summed E-state index contributed by atoms with van der Waals surface area (Å²) in [4.78, 5) is 10.7. The van der Waals surface area contributed by atoms with Crippen molar-refractivity contribution in [1.82, 2.24) is 9.78 Å². The summed E-state index contributed by atoms with van der Waals surface area (Å²) in [6.45, 7) is 2.00. The normalized spacial score (nSPS) is 12.6. The number of carbonyl (C=O) groups is 1. The van der Waals surface area contributed by atoms with Gasteiger partial charge in [0.25, 0.3) is 0 Å². The molecule has 1 unspecified atom stereocenters. The summed E-state index contributed by atoms with van der Waals surface area (Å²) in [5.74, 6) is -0.481. The van der Waals surface area contributed by atoms with Crippen molar-refractivity contribution in [3.05, 3.63) is 42.1 Å². The number of aromatic carboxylic acids is 1. The van der Waals surface area contributed by atoms with E-state index in [0.29, 0.717) is 5.76 Å². The first-order chi connectivity index (χ1) is 7.72. The maximum Gasteiger partial charge on any atom is 0.371 e. The maximum absolute atomic E-state index is 10.7. The number of aromatic nitrogens is 2. The van der Waals surface area contributed by atoms with Gasteiger partial charge in [-0.2, -0.15) is 5.10 Å². The van der Waals surface area contributed by atoms with Crippen molar-refractivity contribution < 1.29 is 14.3 Å². The molecule has 0 aromatic carbocycles. The average molecular weight is 220 g/mol. The van der Waals surface area contributed by atoms with Gasteiger partial charge in [0.15, 0.2) is 0 Å². The number of carboxylic acid groups (broad SMARTS) is 1. The fourth-order valence-corrected chi connectivity index (χ4v) is 1.63. The molecule has 5 nitrogen and oxygen atoms in total. The Kier molecular flexibility index (Phi) is 2.76. The van der Waals surface area contributed by atoms with E-state index >= 15 is 0 Å². The van der Waals surface area contributed by atoms with Crippen molar-refractivity contribution in [1.29, 1.82) is 0 Å². The van der Waals surface area contributed by atoms with Gasteiger partial charge in [-0.25, -0.2) is 4.79 Å². The van der Waals surface area contributed by atoms with Crippen LogP contribution in [0.5, 0.6) is 0 Å². The zero-order valence-electron chi connectivity index (χ0n) is 8.83. The monoisotopic (exact) mass is 220 g/mol. The van der Waals surface area contributed by atoms with Crippen LogP contribution in [0.3, 0.4) is 0 Å². The second-order valence-electron chi connectivity index (χ2n) is 3.42. The van der Waals surface area contributed by atoms with Gasteiger partial charge in [-0.05, 0) is 24.6 Å². The highest BCUT2D eigenvalue weighted by Crippen LogP contribution is 2.23. The van der Waals surface area contributed by atoms with Crippen molar-refractivity contribution in [2.24, 2.45) is 0 Å². The van der Waals surface area contributed by atoms with Crippen LogP contribution < -0.4 is 0 Å². The lowest BCUT2D eigenvalue weighted by Crippen LogP contribution is -2.09. The summed E-state index contributed by atoms with van der Waals surface area (Å²) >= 11 is 0. The number of carboxylic acids is 1. The molecule has 0 aliphatic carbocycles. The molecule has 84 valence electrons. The first-order valence-electron chi connectivity index (χ1n) is 5.04. The first kappa shape index (κ1) is 10.5. The van der Waals surface area contributed by atoms with E-state index in [9.17, 15) is 4.79 Å². The SMILES string of the molecule is CCC(c1ccc(C(=O)O)o1)n1cccn1. The Balaban J connectivity index is 2.30. The average Bonchev–Trinajstić information content (AvgIpc) is 2.88. The Morgan fingerprint density at radius 1 is 1.62 bits per heavy atom. The van der Waals surface area contributed by atoms with E-state index < -0.39 is 5.97 Å². The van der Waals surface area contributed by atoms with E-state index in [2.05, 4.69) is 5.10 Å². The first-order valence-corrected chi connectivity index (χ1v) is 5.04. The molecule has 0 aliphatic rings. The van der Waals surface area contributed by atoms with Gasteiger partial charge in [-0.15, -0.1) is 0 Å². The van der Waals surface area contributed by atoms with Crippen molar-refractivity contribution in [2.75, 3.05) is 0 Å². The van der Waals surface area contributed by atoms with Gasteiger partial charge in [0.2, 0.25) is 5.76 Å². The zero-order valence-corrected chi connectivity index (χ0v) is 8.83. The van der Waals surface area contributed by atoms with Crippen LogP contribution in [0.15, 0.2) is 35.0 Å². The molecule has 0 saturated carbocycles. The molecule has 16 heavy (non-hydrogen) atoms. The Morgan fingerprint density at radius 2 is 2.44 bits per heavy atom. The third kappa shape index (κ3) is 1.84. The van der Waals surface area contributed by atoms with Crippen LogP contribution in [0, 0.1) is 0 Å². The molecule has 2 aromatic heterocycles. The molecule has 5 heteroatoms. The van der Waals surface area contributed by atoms with Gasteiger partial charge in [-0.3, -0.25) is 4.68 Å². The summed E-state index contributed by atoms with van der Waals surface area (Å²) in [5.41, 5.74) is 0. The number of furan rings is 1. The van der Waals surface area contributed by atoms with E-state index in [4.69, 9.17) is 9.52 Å². The maximum atomic E-state index is 10.7. The Bertz CT molecular complexity index is 473. The van der Waals surface area contributed by atoms with Crippen molar-refractivity contribution >= 4 is 5.97 Å². The van der Waals surface area contributed by atoms with Gasteiger partial charge < -0.3 is 9.52 Å². The summed E-state index contributed by atoms with van der Waals surface area (Å²) in [6.07, 6.45) is 4.30. The minimum Gasteiger partial charge on any atom is -0.475 e. The summed E-state index contributed by atoms with van der Waals surface area (Å²) in [7, 11) is 0. The molecule has 0 aliphatic heterocycles. The highest BCUT2D eigenvalue weighted by molar-refractivity contribution is 5.84. The molecule has 0 spiro atoms. The van der Waals surface area contributed by atoms with E-state index in [1.165, 1.54) is 6.07 Å². The predicted octanol–water partition coefficient (Wildman–Crippen LogP) is 2.17. The summed E-state index contributed by atoms with van der Waals surface area (Å²) in [5, 5.41) is 12.9. The second kappa shape index (κ2) is 4.22. The molecule has 2 heterocycles. The van der Waals surface area contributed by atoms with E-state index in [1.54, 1.807) is 16.9 Å². The highest BCUT2D eigenvalue weighted by atomic mass is 16.4. The second-order valence-corrected chi connectivity index (χ2v) is 3.42. The molecule has 0 radical (unpaired) electrons. The van der Waals surface area contributed by atoms with Crippen LogP contribution in [0.2, 0.25) is 0 Å². The van der Waals surface area contributed by atoms with Crippen molar-refractivity contribution in [3.63, 3.8) is 0 Å². The lowest BCUT2D eigenvalue weighted by molar-refractivity contribution is 0.0659. The van der Waals surface area contributed by atoms with Crippen LogP contribution in [-0.2, 0) is 0 Å². The third-order valence-corrected chi connectivity index (χ3v) is 2.40. The van der Waals surface area contributed by atoms with E-state index in [-0.39, 0.29) is 11.8 Å². The van der Waals surface area contributed by atoms with Crippen LogP contribution >= 0.6 is 0 Å². The lowest BCUT2D eigenvalue weighted by Gasteiger charge is -2.12. The smallest absolute Gasteiger partial charge is 0.371 e. The van der Waals surface area contributed by atoms with Crippen molar-refractivity contribution in [3.8, 4) is 0 Å². The number of hydrogen-bond acceptors (Lipinski definition) is 3. The molecule has 1 N–H and O–H groups in total. The fraction of sp³-hybridized carbons (Fsp3) is 0.273. The standard InChI is InChI=1S/C11H12N2O3/c1-2-8(13-7-3-6-12-13)9-4-5-10(16-9)11(14)15/h3-8H,2H2,1H3,(H,14,15). The molecule has 0 fully saturated rings. The summed E-state index contributed by atoms with van der Waals surface area (Å²) in [6, 6.07) is 4.91. The minimum atomic E-state index is -1.05. The Hall–Kier alpha value is -2.04. The molecule has 2 rings (SSSR count). The lowest BCUT2D eigenvalue weighted by atomic mass is 10.2. The molecular formula is C11H12N2O3. The van der Waals surface area contributed by atoms with Crippen LogP contribution in [0.25, 0.3) is 0 Å². The van der Waals surface area contributed by atoms with Gasteiger partial charge in [0.1, 0.15) is 11.8 Å². The van der Waals surface area contributed by atoms with Gasteiger partial charge in [0.05, 0.1) is 0 Å². The van der Waals surface area contributed by atoms with Gasteiger partial charge >= 0.3 is 5.97 Å². The molecule has 2 aromatic rings. The number of nitrogens with zero attached hydrogens (tertiary/aromatic N) is 2. The minimum absolute atomic E-state index is 0.0411. The van der Waals surface area contributed by atoms with Crippen LogP contribution in [0.1, 0.15) is 35.7 Å². The summed E-state index contributed by atoms with van der Waals surface area (Å²) < 4.78 is 7.02. The number of rotatable bonds is 4. The molecular weight excluding hydrogens is 208 g/mol. The largest absolute Gasteiger partial charge is 0.475 e. The van der Waals surface area contributed by atoms with Crippen molar-refractivity contribution in [2.45, 2.75) is 19.4 Å². The number of hydrogen-bond donors (Lipinski definition) is 1. The van der Waals surface area contributed by atoms with Crippen LogP contribution in [-0.4, -0.2) is 20.9 Å².